The first-order valence-corrected chi connectivity index (χ1v) is 15.0. The van der Waals surface area contributed by atoms with Crippen LogP contribution in [-0.4, -0.2) is 54.0 Å². The van der Waals surface area contributed by atoms with Crippen LogP contribution in [0.3, 0.4) is 0 Å². The van der Waals surface area contributed by atoms with Crippen molar-refractivity contribution in [2.75, 3.05) is 31.5 Å². The highest BCUT2D eigenvalue weighted by Crippen LogP contribution is 2.29. The number of rotatable bonds is 10. The van der Waals surface area contributed by atoms with Gasteiger partial charge in [0.15, 0.2) is 0 Å². The molecular formula is C33H49N3O2. The molecule has 1 heterocycles. The summed E-state index contributed by atoms with van der Waals surface area (Å²) in [6.07, 6.45) is 16.7. The van der Waals surface area contributed by atoms with Crippen molar-refractivity contribution in [3.8, 4) is 0 Å². The summed E-state index contributed by atoms with van der Waals surface area (Å²) < 4.78 is 6.59. The third-order valence-corrected chi connectivity index (χ3v) is 8.33. The van der Waals surface area contributed by atoms with Gasteiger partial charge in [0.1, 0.15) is 5.76 Å². The Hall–Kier alpha value is -2.69. The monoisotopic (exact) mass is 519 g/mol. The van der Waals surface area contributed by atoms with Crippen molar-refractivity contribution >= 4 is 11.6 Å². The lowest BCUT2D eigenvalue weighted by Crippen LogP contribution is -2.48. The number of anilines is 1. The number of nitrogens with zero attached hydrogens (tertiary/aromatic N) is 2. The van der Waals surface area contributed by atoms with Crippen molar-refractivity contribution in [2.24, 2.45) is 11.8 Å². The van der Waals surface area contributed by atoms with Crippen LogP contribution >= 0.6 is 0 Å². The topological polar surface area (TPSA) is 44.8 Å². The Morgan fingerprint density at radius 3 is 2.24 bits per heavy atom. The lowest BCUT2D eigenvalue weighted by molar-refractivity contribution is -0.133. The van der Waals surface area contributed by atoms with Crippen LogP contribution in [0.5, 0.6) is 0 Å². The molecule has 208 valence electrons. The fourth-order valence-corrected chi connectivity index (χ4v) is 6.08. The van der Waals surface area contributed by atoms with Crippen LogP contribution in [0.2, 0.25) is 0 Å². The molecule has 5 heteroatoms. The van der Waals surface area contributed by atoms with E-state index in [9.17, 15) is 4.79 Å². The van der Waals surface area contributed by atoms with Gasteiger partial charge in [-0.15, -0.1) is 0 Å². The molecule has 0 atom stereocenters. The molecule has 1 N–H and O–H groups in total. The summed E-state index contributed by atoms with van der Waals surface area (Å²) in [6, 6.07) is 9.18. The summed E-state index contributed by atoms with van der Waals surface area (Å²) in [5.74, 6) is 2.30. The predicted octanol–water partition coefficient (Wildman–Crippen LogP) is 7.07. The third-order valence-electron chi connectivity index (χ3n) is 8.33. The molecule has 1 amide bonds. The smallest absolute Gasteiger partial charge is 0.222 e. The maximum atomic E-state index is 12.8. The number of aryl methyl sites for hydroxylation is 1. The van der Waals surface area contributed by atoms with Crippen molar-refractivity contribution in [3.05, 3.63) is 66.1 Å². The van der Waals surface area contributed by atoms with E-state index in [0.29, 0.717) is 23.8 Å². The Labute approximate surface area is 231 Å². The number of carbonyl (C=O) groups excluding carboxylic acids is 1. The minimum atomic E-state index is 0.239. The average Bonchev–Trinajstić information content (AvgIpc) is 3.42. The molecule has 2 saturated carbocycles. The fraction of sp³-hybridized carbons (Fsp3) is 0.606. The van der Waals surface area contributed by atoms with Crippen LogP contribution in [0.1, 0.15) is 77.2 Å². The van der Waals surface area contributed by atoms with E-state index >= 15 is 0 Å². The maximum absolute atomic E-state index is 12.8. The van der Waals surface area contributed by atoms with E-state index in [1.165, 1.54) is 36.9 Å². The molecule has 4 rings (SSSR count). The zero-order valence-electron chi connectivity index (χ0n) is 24.0. The summed E-state index contributed by atoms with van der Waals surface area (Å²) >= 11 is 0. The van der Waals surface area contributed by atoms with Crippen LogP contribution in [0.15, 0.2) is 60.5 Å². The van der Waals surface area contributed by atoms with Crippen molar-refractivity contribution in [3.63, 3.8) is 0 Å². The molecule has 0 aromatic heterocycles. The van der Waals surface area contributed by atoms with Gasteiger partial charge in [-0.2, -0.15) is 0 Å². The number of hydrogen-bond donors (Lipinski definition) is 1. The molecule has 0 unspecified atom stereocenters. The Morgan fingerprint density at radius 2 is 1.63 bits per heavy atom. The average molecular weight is 520 g/mol. The molecule has 5 nitrogen and oxygen atoms in total. The number of nitrogens with one attached hydrogen (secondary N) is 1. The van der Waals surface area contributed by atoms with Crippen LogP contribution in [0.4, 0.5) is 5.69 Å². The minimum Gasteiger partial charge on any atom is -0.491 e. The lowest BCUT2D eigenvalue weighted by atomic mass is 9.92. The molecule has 2 aliphatic carbocycles. The number of carbonyl (C=O) groups is 1. The molecule has 0 radical (unpaired) electrons. The number of piperazine rings is 1. The Bertz CT molecular complexity index is 958. The van der Waals surface area contributed by atoms with Gasteiger partial charge in [-0.05, 0) is 81.6 Å². The number of ether oxygens (including phenoxy) is 1. The van der Waals surface area contributed by atoms with Crippen LogP contribution < -0.4 is 5.32 Å². The van der Waals surface area contributed by atoms with Gasteiger partial charge in [0, 0.05) is 56.1 Å². The second-order valence-corrected chi connectivity index (χ2v) is 11.9. The highest BCUT2D eigenvalue weighted by atomic mass is 16.5. The van der Waals surface area contributed by atoms with E-state index in [1.54, 1.807) is 0 Å². The fourth-order valence-electron chi connectivity index (χ4n) is 6.08. The summed E-state index contributed by atoms with van der Waals surface area (Å²) in [4.78, 5) is 17.2. The van der Waals surface area contributed by atoms with E-state index in [-0.39, 0.29) is 6.10 Å². The van der Waals surface area contributed by atoms with Crippen LogP contribution in [0, 0.1) is 18.8 Å². The predicted molar refractivity (Wildman–Crippen MR) is 158 cm³/mol. The second kappa shape index (κ2) is 13.9. The van der Waals surface area contributed by atoms with E-state index < -0.39 is 0 Å². The first kappa shape index (κ1) is 28.3. The normalized spacial score (nSPS) is 23.6. The second-order valence-electron chi connectivity index (χ2n) is 11.9. The first-order valence-electron chi connectivity index (χ1n) is 15.0. The zero-order chi connectivity index (χ0) is 26.9. The zero-order valence-corrected chi connectivity index (χ0v) is 24.0. The molecule has 1 aromatic rings. The Morgan fingerprint density at radius 1 is 1.00 bits per heavy atom. The van der Waals surface area contributed by atoms with Crippen LogP contribution in [0.25, 0.3) is 0 Å². The van der Waals surface area contributed by atoms with Gasteiger partial charge >= 0.3 is 0 Å². The molecule has 1 saturated heterocycles. The summed E-state index contributed by atoms with van der Waals surface area (Å²) in [5.41, 5.74) is 3.59. The number of amides is 1. The Balaban J connectivity index is 1.29. The number of benzene rings is 1. The van der Waals surface area contributed by atoms with Gasteiger partial charge in [-0.3, -0.25) is 4.79 Å². The van der Waals surface area contributed by atoms with Gasteiger partial charge in [0.2, 0.25) is 5.91 Å². The molecule has 0 spiro atoms. The van der Waals surface area contributed by atoms with Crippen molar-refractivity contribution in [1.29, 1.82) is 0 Å². The molecule has 1 aromatic carbocycles. The van der Waals surface area contributed by atoms with Crippen LogP contribution in [-0.2, 0) is 9.53 Å². The largest absolute Gasteiger partial charge is 0.491 e. The third kappa shape index (κ3) is 8.41. The SMILES string of the molecule is C=C/C(=C\C(=C/C(C)C)OC1CCC(Nc2ccc(C)cc2)CC1)N1CCN(C(=O)CC2CCCC2)CC1. The highest BCUT2D eigenvalue weighted by Gasteiger charge is 2.26. The lowest BCUT2D eigenvalue weighted by Gasteiger charge is -2.37. The van der Waals surface area contributed by atoms with E-state index in [2.05, 4.69) is 78.9 Å². The van der Waals surface area contributed by atoms with E-state index in [1.807, 2.05) is 6.08 Å². The van der Waals surface area contributed by atoms with Crippen molar-refractivity contribution in [1.82, 2.24) is 9.80 Å². The molecule has 38 heavy (non-hydrogen) atoms. The van der Waals surface area contributed by atoms with Crippen molar-refractivity contribution in [2.45, 2.75) is 90.7 Å². The minimum absolute atomic E-state index is 0.239. The molecule has 3 aliphatic rings. The van der Waals surface area contributed by atoms with E-state index in [0.717, 1.165) is 69.7 Å². The quantitative estimate of drug-likeness (QED) is 0.265. The summed E-state index contributed by atoms with van der Waals surface area (Å²) in [5, 5.41) is 3.70. The highest BCUT2D eigenvalue weighted by molar-refractivity contribution is 5.76. The van der Waals surface area contributed by atoms with Gasteiger partial charge in [-0.25, -0.2) is 0 Å². The number of hydrogen-bond acceptors (Lipinski definition) is 4. The number of allylic oxidation sites excluding steroid dienone is 3. The molecular weight excluding hydrogens is 470 g/mol. The van der Waals surface area contributed by atoms with Crippen molar-refractivity contribution < 1.29 is 9.53 Å². The molecule has 1 aliphatic heterocycles. The molecule has 0 bridgehead atoms. The van der Waals surface area contributed by atoms with Gasteiger partial charge in [0.05, 0.1) is 6.10 Å². The summed E-state index contributed by atoms with van der Waals surface area (Å²) in [6.45, 7) is 13.9. The molecule has 3 fully saturated rings. The van der Waals surface area contributed by atoms with Gasteiger partial charge in [0.25, 0.3) is 0 Å². The first-order chi connectivity index (χ1) is 18.4. The van der Waals surface area contributed by atoms with E-state index in [4.69, 9.17) is 4.74 Å². The van der Waals surface area contributed by atoms with Gasteiger partial charge in [-0.1, -0.05) is 51.0 Å². The maximum Gasteiger partial charge on any atom is 0.222 e. The van der Waals surface area contributed by atoms with Gasteiger partial charge < -0.3 is 19.9 Å². The standard InChI is InChI=1S/C33H49N3O2/c1-5-30(35-18-20-36(21-19-35)33(37)23-27-8-6-7-9-27)24-32(22-25(2)3)38-31-16-14-29(15-17-31)34-28-12-10-26(4)11-13-28/h5,10-13,22,24-25,27,29,31,34H,1,6-9,14-21,23H2,2-4H3/b30-24+,32-22+. The summed E-state index contributed by atoms with van der Waals surface area (Å²) in [7, 11) is 0. The Kier molecular flexibility index (Phi) is 10.4.